The number of hydrogen-bond donors (Lipinski definition) is 1. The molecule has 0 atom stereocenters. The zero-order valence-electron chi connectivity index (χ0n) is 15.6. The zero-order chi connectivity index (χ0) is 18.2. The molecule has 8 heteroatoms. The second-order valence-corrected chi connectivity index (χ2v) is 7.20. The molecule has 1 N–H and O–H groups in total. The maximum absolute atomic E-state index is 11.9. The van der Waals surface area contributed by atoms with Crippen molar-refractivity contribution in [3.8, 4) is 0 Å². The van der Waals surface area contributed by atoms with Crippen molar-refractivity contribution in [2.75, 3.05) is 46.6 Å². The number of carbonyl (C=O) groups is 1. The molecule has 3 rings (SSSR count). The monoisotopic (exact) mass is 366 g/mol. The number of likely N-dealkylation sites (tertiary alicyclic amines) is 1. The minimum absolute atomic E-state index is 0.0441. The van der Waals surface area contributed by atoms with E-state index in [1.165, 1.54) is 25.7 Å². The molecule has 0 spiro atoms. The molecule has 1 saturated heterocycles. The van der Waals surface area contributed by atoms with Gasteiger partial charge in [-0.25, -0.2) is 4.79 Å². The summed E-state index contributed by atoms with van der Waals surface area (Å²) in [6.45, 7) is 4.00. The molecular weight excluding hydrogens is 336 g/mol. The van der Waals surface area contributed by atoms with Gasteiger partial charge in [-0.2, -0.15) is 4.98 Å². The molecule has 0 radical (unpaired) electrons. The number of carbonyl (C=O) groups excluding carboxylic acids is 1. The molecule has 0 bridgehead atoms. The second kappa shape index (κ2) is 9.87. The summed E-state index contributed by atoms with van der Waals surface area (Å²) in [7, 11) is 1.66. The van der Waals surface area contributed by atoms with Crippen LogP contribution in [0.2, 0.25) is 0 Å². The van der Waals surface area contributed by atoms with Crippen molar-refractivity contribution >= 4 is 6.03 Å². The lowest BCUT2D eigenvalue weighted by Crippen LogP contribution is -2.52. The van der Waals surface area contributed by atoms with Crippen LogP contribution < -0.4 is 5.32 Å². The van der Waals surface area contributed by atoms with Crippen LogP contribution in [-0.2, 0) is 15.9 Å². The normalized spacial score (nSPS) is 18.3. The molecule has 2 heterocycles. The Kier molecular flexibility index (Phi) is 7.25. The molecular formula is C18H30N4O4. The number of aromatic nitrogens is 2. The third kappa shape index (κ3) is 5.41. The first kappa shape index (κ1) is 19.1. The van der Waals surface area contributed by atoms with Crippen molar-refractivity contribution < 1.29 is 18.8 Å². The Labute approximate surface area is 154 Å². The number of amides is 2. The minimum atomic E-state index is -0.0441. The largest absolute Gasteiger partial charge is 0.385 e. The first-order valence-electron chi connectivity index (χ1n) is 9.68. The van der Waals surface area contributed by atoms with Gasteiger partial charge in [0.05, 0.1) is 12.5 Å². The van der Waals surface area contributed by atoms with Crippen LogP contribution in [0.3, 0.4) is 0 Å². The smallest absolute Gasteiger partial charge is 0.317 e. The van der Waals surface area contributed by atoms with Crippen molar-refractivity contribution in [2.24, 2.45) is 5.92 Å². The number of hydrogen-bond acceptors (Lipinski definition) is 6. The van der Waals surface area contributed by atoms with Gasteiger partial charge in [0.2, 0.25) is 5.89 Å². The number of urea groups is 1. The van der Waals surface area contributed by atoms with Gasteiger partial charge in [0.15, 0.2) is 5.82 Å². The average Bonchev–Trinajstić information content (AvgIpc) is 3.26. The van der Waals surface area contributed by atoms with Gasteiger partial charge in [0, 0.05) is 46.4 Å². The van der Waals surface area contributed by atoms with E-state index in [-0.39, 0.29) is 11.9 Å². The Morgan fingerprint density at radius 3 is 2.88 bits per heavy atom. The van der Waals surface area contributed by atoms with Gasteiger partial charge >= 0.3 is 6.03 Å². The van der Waals surface area contributed by atoms with Crippen LogP contribution in [0.4, 0.5) is 4.79 Å². The summed E-state index contributed by atoms with van der Waals surface area (Å²) in [5, 5.41) is 6.91. The maximum Gasteiger partial charge on any atom is 0.317 e. The Balaban J connectivity index is 1.29. The molecule has 26 heavy (non-hydrogen) atoms. The SMILES string of the molecule is COCCCNC(=O)N1CC(c2nc(CCOCC3CCCC3)no2)C1. The van der Waals surface area contributed by atoms with Gasteiger partial charge in [-0.3, -0.25) is 0 Å². The molecule has 0 unspecified atom stereocenters. The number of ether oxygens (including phenoxy) is 2. The highest BCUT2D eigenvalue weighted by Crippen LogP contribution is 2.26. The molecule has 146 valence electrons. The van der Waals surface area contributed by atoms with Crippen LogP contribution in [0.5, 0.6) is 0 Å². The fraction of sp³-hybridized carbons (Fsp3) is 0.833. The van der Waals surface area contributed by atoms with Gasteiger partial charge in [-0.15, -0.1) is 0 Å². The van der Waals surface area contributed by atoms with Gasteiger partial charge in [-0.1, -0.05) is 18.0 Å². The molecule has 1 aliphatic heterocycles. The van der Waals surface area contributed by atoms with Crippen LogP contribution in [0.15, 0.2) is 4.52 Å². The topological polar surface area (TPSA) is 89.7 Å². The molecule has 2 amide bonds. The Bertz CT molecular complexity index is 553. The molecule has 1 aliphatic carbocycles. The van der Waals surface area contributed by atoms with E-state index in [4.69, 9.17) is 14.0 Å². The van der Waals surface area contributed by atoms with Crippen molar-refractivity contribution in [1.29, 1.82) is 0 Å². The standard InChI is InChI=1S/C18H30N4O4/c1-24-9-4-8-19-18(23)22-11-15(12-22)17-20-16(21-26-17)7-10-25-13-14-5-2-3-6-14/h14-15H,2-13H2,1H3,(H,19,23). The number of methoxy groups -OCH3 is 1. The molecule has 0 aromatic carbocycles. The highest BCUT2D eigenvalue weighted by molar-refractivity contribution is 5.75. The third-order valence-electron chi connectivity index (χ3n) is 5.10. The molecule has 1 aromatic heterocycles. The van der Waals surface area contributed by atoms with E-state index in [1.807, 2.05) is 0 Å². The van der Waals surface area contributed by atoms with E-state index in [1.54, 1.807) is 12.0 Å². The lowest BCUT2D eigenvalue weighted by molar-refractivity contribution is 0.102. The molecule has 8 nitrogen and oxygen atoms in total. The fourth-order valence-electron chi connectivity index (χ4n) is 3.45. The van der Waals surface area contributed by atoms with Crippen LogP contribution in [-0.4, -0.2) is 67.6 Å². The summed E-state index contributed by atoms with van der Waals surface area (Å²) >= 11 is 0. The Hall–Kier alpha value is -1.67. The number of nitrogens with one attached hydrogen (secondary N) is 1. The van der Waals surface area contributed by atoms with Gasteiger partial charge in [0.1, 0.15) is 0 Å². The van der Waals surface area contributed by atoms with Crippen molar-refractivity contribution in [3.05, 3.63) is 11.7 Å². The van der Waals surface area contributed by atoms with Gasteiger partial charge < -0.3 is 24.2 Å². The first-order chi connectivity index (χ1) is 12.8. The second-order valence-electron chi connectivity index (χ2n) is 7.20. The maximum atomic E-state index is 11.9. The lowest BCUT2D eigenvalue weighted by atomic mass is 10.0. The Morgan fingerprint density at radius 2 is 2.12 bits per heavy atom. The zero-order valence-corrected chi connectivity index (χ0v) is 15.6. The summed E-state index contributed by atoms with van der Waals surface area (Å²) in [6, 6.07) is -0.0441. The predicted octanol–water partition coefficient (Wildman–Crippen LogP) is 1.96. The molecule has 2 fully saturated rings. The van der Waals surface area contributed by atoms with Gasteiger partial charge in [0.25, 0.3) is 0 Å². The fourth-order valence-corrected chi connectivity index (χ4v) is 3.45. The summed E-state index contributed by atoms with van der Waals surface area (Å²) in [6.07, 6.45) is 6.76. The van der Waals surface area contributed by atoms with Crippen LogP contribution in [0.1, 0.15) is 49.7 Å². The quantitative estimate of drug-likeness (QED) is 0.637. The summed E-state index contributed by atoms with van der Waals surface area (Å²) in [4.78, 5) is 18.1. The van der Waals surface area contributed by atoms with Crippen LogP contribution in [0, 0.1) is 5.92 Å². The summed E-state index contributed by atoms with van der Waals surface area (Å²) in [5.74, 6) is 2.19. The molecule has 2 aliphatic rings. The van der Waals surface area contributed by atoms with Gasteiger partial charge in [-0.05, 0) is 25.2 Å². The van der Waals surface area contributed by atoms with E-state index in [0.717, 1.165) is 18.9 Å². The molecule has 1 saturated carbocycles. The van der Waals surface area contributed by atoms with E-state index in [9.17, 15) is 4.79 Å². The van der Waals surface area contributed by atoms with E-state index >= 15 is 0 Å². The minimum Gasteiger partial charge on any atom is -0.385 e. The van der Waals surface area contributed by atoms with E-state index < -0.39 is 0 Å². The highest BCUT2D eigenvalue weighted by atomic mass is 16.5. The molecule has 1 aromatic rings. The number of nitrogens with zero attached hydrogens (tertiary/aromatic N) is 3. The van der Waals surface area contributed by atoms with Crippen LogP contribution in [0.25, 0.3) is 0 Å². The van der Waals surface area contributed by atoms with E-state index in [2.05, 4.69) is 15.5 Å². The summed E-state index contributed by atoms with van der Waals surface area (Å²) in [5.41, 5.74) is 0. The predicted molar refractivity (Wildman–Crippen MR) is 95.0 cm³/mol. The average molecular weight is 366 g/mol. The van der Waals surface area contributed by atoms with Crippen LogP contribution >= 0.6 is 0 Å². The number of rotatable bonds is 10. The third-order valence-corrected chi connectivity index (χ3v) is 5.10. The van der Waals surface area contributed by atoms with Crippen molar-refractivity contribution in [3.63, 3.8) is 0 Å². The first-order valence-corrected chi connectivity index (χ1v) is 9.68. The Morgan fingerprint density at radius 1 is 1.31 bits per heavy atom. The van der Waals surface area contributed by atoms with Crippen molar-refractivity contribution in [2.45, 2.75) is 44.4 Å². The summed E-state index contributed by atoms with van der Waals surface area (Å²) < 4.78 is 16.1. The van der Waals surface area contributed by atoms with Crippen molar-refractivity contribution in [1.82, 2.24) is 20.4 Å². The highest BCUT2D eigenvalue weighted by Gasteiger charge is 2.35. The lowest BCUT2D eigenvalue weighted by Gasteiger charge is -2.36. The van der Waals surface area contributed by atoms with E-state index in [0.29, 0.717) is 51.0 Å².